The molecular weight excluding hydrogens is 228 g/mol. The number of fused-ring (bicyclic) bond motifs is 1. The van der Waals surface area contributed by atoms with Crippen LogP contribution in [0.15, 0.2) is 6.33 Å². The highest BCUT2D eigenvalue weighted by Crippen LogP contribution is 2.27. The minimum Gasteiger partial charge on any atom is -0.315 e. The van der Waals surface area contributed by atoms with E-state index in [9.17, 15) is 4.79 Å². The lowest BCUT2D eigenvalue weighted by Crippen LogP contribution is -2.40. The van der Waals surface area contributed by atoms with Gasteiger partial charge in [-0.3, -0.25) is 9.69 Å². The first kappa shape index (κ1) is 11.8. The van der Waals surface area contributed by atoms with Crippen molar-refractivity contribution in [1.82, 2.24) is 19.7 Å². The third-order valence-corrected chi connectivity index (χ3v) is 4.22. The summed E-state index contributed by atoms with van der Waals surface area (Å²) in [6, 6.07) is 0. The van der Waals surface area contributed by atoms with Crippen LogP contribution >= 0.6 is 0 Å². The molecule has 0 N–H and O–H groups in total. The third-order valence-electron chi connectivity index (χ3n) is 4.22. The fourth-order valence-electron chi connectivity index (χ4n) is 3.09. The van der Waals surface area contributed by atoms with Crippen LogP contribution in [-0.4, -0.2) is 38.5 Å². The normalized spacial score (nSPS) is 29.3. The molecule has 0 radical (unpaired) electrons. The van der Waals surface area contributed by atoms with Gasteiger partial charge < -0.3 is 4.57 Å². The zero-order valence-corrected chi connectivity index (χ0v) is 10.9. The minimum atomic E-state index is 0.239. The summed E-state index contributed by atoms with van der Waals surface area (Å²) in [5.74, 6) is 2.42. The summed E-state index contributed by atoms with van der Waals surface area (Å²) < 4.78 is 2.10. The molecule has 1 fully saturated rings. The summed E-state index contributed by atoms with van der Waals surface area (Å²) in [5.41, 5.74) is 0. The summed E-state index contributed by atoms with van der Waals surface area (Å²) in [5, 5.41) is 8.05. The summed E-state index contributed by atoms with van der Waals surface area (Å²) >= 11 is 0. The predicted molar refractivity (Wildman–Crippen MR) is 66.8 cm³/mol. The maximum atomic E-state index is 11.9. The second-order valence-corrected chi connectivity index (χ2v) is 5.72. The molecule has 0 aromatic carbocycles. The van der Waals surface area contributed by atoms with Crippen LogP contribution in [0, 0.1) is 11.8 Å². The molecule has 5 nitrogen and oxygen atoms in total. The van der Waals surface area contributed by atoms with Crippen LogP contribution in [0.25, 0.3) is 0 Å². The van der Waals surface area contributed by atoms with Gasteiger partial charge >= 0.3 is 0 Å². The van der Waals surface area contributed by atoms with E-state index in [-0.39, 0.29) is 5.92 Å². The number of hydrogen-bond acceptors (Lipinski definition) is 4. The van der Waals surface area contributed by atoms with Gasteiger partial charge in [0.25, 0.3) is 0 Å². The van der Waals surface area contributed by atoms with E-state index in [0.29, 0.717) is 11.7 Å². The lowest BCUT2D eigenvalue weighted by molar-refractivity contribution is -0.126. The number of rotatable bonds is 2. The zero-order chi connectivity index (χ0) is 12.5. The van der Waals surface area contributed by atoms with E-state index in [1.807, 2.05) is 0 Å². The van der Waals surface area contributed by atoms with Crippen molar-refractivity contribution in [1.29, 1.82) is 0 Å². The Labute approximate surface area is 107 Å². The van der Waals surface area contributed by atoms with Crippen molar-refractivity contribution in [2.75, 3.05) is 13.1 Å². The van der Waals surface area contributed by atoms with Crippen molar-refractivity contribution in [3.8, 4) is 0 Å². The number of aromatic nitrogens is 3. The van der Waals surface area contributed by atoms with E-state index in [1.165, 1.54) is 0 Å². The molecule has 1 aromatic rings. The molecule has 2 heterocycles. The van der Waals surface area contributed by atoms with Crippen LogP contribution in [-0.2, 0) is 17.9 Å². The number of Topliss-reactive ketones (excluding diaryl/α,β-unsaturated/α-hetero) is 1. The van der Waals surface area contributed by atoms with Crippen LogP contribution < -0.4 is 0 Å². The van der Waals surface area contributed by atoms with E-state index in [2.05, 4.69) is 26.6 Å². The van der Waals surface area contributed by atoms with Gasteiger partial charge in [-0.25, -0.2) is 0 Å². The smallest absolute Gasteiger partial charge is 0.147 e. The van der Waals surface area contributed by atoms with Gasteiger partial charge in [-0.2, -0.15) is 0 Å². The van der Waals surface area contributed by atoms with Crippen molar-refractivity contribution >= 4 is 5.78 Å². The lowest BCUT2D eigenvalue weighted by Gasteiger charge is -2.33. The van der Waals surface area contributed by atoms with E-state index in [0.717, 1.165) is 51.3 Å². The quantitative estimate of drug-likeness (QED) is 0.786. The van der Waals surface area contributed by atoms with Gasteiger partial charge in [-0.15, -0.1) is 10.2 Å². The molecule has 0 bridgehead atoms. The van der Waals surface area contributed by atoms with Crippen LogP contribution in [0.2, 0.25) is 0 Å². The highest BCUT2D eigenvalue weighted by molar-refractivity contribution is 5.81. The SMILES string of the molecule is CC1CCC(=O)C(CN2CCn3cnnc3C2)C1. The highest BCUT2D eigenvalue weighted by Gasteiger charge is 2.29. The average molecular weight is 248 g/mol. The van der Waals surface area contributed by atoms with Crippen LogP contribution in [0.4, 0.5) is 0 Å². The van der Waals surface area contributed by atoms with Gasteiger partial charge in [0.1, 0.15) is 17.9 Å². The van der Waals surface area contributed by atoms with Crippen molar-refractivity contribution in [3.63, 3.8) is 0 Å². The number of carbonyl (C=O) groups is 1. The Hall–Kier alpha value is -1.23. The van der Waals surface area contributed by atoms with Crippen LogP contribution in [0.3, 0.4) is 0 Å². The van der Waals surface area contributed by atoms with Crippen molar-refractivity contribution in [2.45, 2.75) is 39.3 Å². The molecule has 0 spiro atoms. The van der Waals surface area contributed by atoms with Gasteiger partial charge in [0.2, 0.25) is 0 Å². The fraction of sp³-hybridized carbons (Fsp3) is 0.769. The molecule has 5 heteroatoms. The zero-order valence-electron chi connectivity index (χ0n) is 10.9. The molecule has 1 aliphatic carbocycles. The van der Waals surface area contributed by atoms with Gasteiger partial charge in [0, 0.05) is 32.0 Å². The van der Waals surface area contributed by atoms with Gasteiger partial charge in [-0.1, -0.05) is 6.92 Å². The second kappa shape index (κ2) is 4.80. The first-order valence-corrected chi connectivity index (χ1v) is 6.84. The molecule has 0 saturated heterocycles. The highest BCUT2D eigenvalue weighted by atomic mass is 16.1. The Balaban J connectivity index is 1.62. The van der Waals surface area contributed by atoms with Gasteiger partial charge in [-0.05, 0) is 18.8 Å². The standard InChI is InChI=1S/C13H20N4O/c1-10-2-3-12(18)11(6-10)7-16-4-5-17-9-14-15-13(17)8-16/h9-11H,2-8H2,1H3. The number of ketones is 1. The largest absolute Gasteiger partial charge is 0.315 e. The Morgan fingerprint density at radius 3 is 3.22 bits per heavy atom. The topological polar surface area (TPSA) is 51.0 Å². The molecule has 18 heavy (non-hydrogen) atoms. The Morgan fingerprint density at radius 1 is 1.44 bits per heavy atom. The van der Waals surface area contributed by atoms with E-state index < -0.39 is 0 Å². The van der Waals surface area contributed by atoms with E-state index >= 15 is 0 Å². The summed E-state index contributed by atoms with van der Waals surface area (Å²) in [6.45, 7) is 5.93. The molecule has 3 rings (SSSR count). The molecule has 1 aliphatic heterocycles. The molecular formula is C13H20N4O. The number of nitrogens with zero attached hydrogens (tertiary/aromatic N) is 4. The maximum Gasteiger partial charge on any atom is 0.147 e. The molecule has 2 unspecified atom stereocenters. The Morgan fingerprint density at radius 2 is 2.33 bits per heavy atom. The van der Waals surface area contributed by atoms with Crippen molar-refractivity contribution in [3.05, 3.63) is 12.2 Å². The molecule has 98 valence electrons. The lowest BCUT2D eigenvalue weighted by atomic mass is 9.81. The number of carbonyl (C=O) groups excluding carboxylic acids is 1. The summed E-state index contributed by atoms with van der Waals surface area (Å²) in [7, 11) is 0. The molecule has 0 amide bonds. The van der Waals surface area contributed by atoms with E-state index in [4.69, 9.17) is 0 Å². The summed E-state index contributed by atoms with van der Waals surface area (Å²) in [4.78, 5) is 14.3. The number of hydrogen-bond donors (Lipinski definition) is 0. The van der Waals surface area contributed by atoms with Gasteiger partial charge in [0.15, 0.2) is 0 Å². The average Bonchev–Trinajstić information content (AvgIpc) is 2.81. The van der Waals surface area contributed by atoms with Crippen molar-refractivity contribution < 1.29 is 4.79 Å². The van der Waals surface area contributed by atoms with Gasteiger partial charge in [0.05, 0.1) is 6.54 Å². The van der Waals surface area contributed by atoms with Crippen LogP contribution in [0.5, 0.6) is 0 Å². The van der Waals surface area contributed by atoms with E-state index in [1.54, 1.807) is 6.33 Å². The molecule has 2 aliphatic rings. The molecule has 1 saturated carbocycles. The first-order valence-electron chi connectivity index (χ1n) is 6.84. The Bertz CT molecular complexity index is 442. The summed E-state index contributed by atoms with van der Waals surface area (Å²) in [6.07, 6.45) is 4.70. The molecule has 1 aromatic heterocycles. The minimum absolute atomic E-state index is 0.239. The second-order valence-electron chi connectivity index (χ2n) is 5.72. The fourth-order valence-corrected chi connectivity index (χ4v) is 3.09. The third kappa shape index (κ3) is 2.32. The monoisotopic (exact) mass is 248 g/mol. The maximum absolute atomic E-state index is 11.9. The van der Waals surface area contributed by atoms with Crippen molar-refractivity contribution in [2.24, 2.45) is 11.8 Å². The molecule has 2 atom stereocenters. The Kier molecular flexibility index (Phi) is 3.16. The van der Waals surface area contributed by atoms with Crippen LogP contribution in [0.1, 0.15) is 32.0 Å². The first-order chi connectivity index (χ1) is 8.72. The predicted octanol–water partition coefficient (Wildman–Crippen LogP) is 1.10.